The van der Waals surface area contributed by atoms with Gasteiger partial charge in [0.15, 0.2) is 12.2 Å². The van der Waals surface area contributed by atoms with Gasteiger partial charge in [-0.25, -0.2) is 0 Å². The Morgan fingerprint density at radius 1 is 1.30 bits per heavy atom. The Hall–Kier alpha value is -4.17. The van der Waals surface area contributed by atoms with Crippen LogP contribution in [0.2, 0.25) is 0 Å². The van der Waals surface area contributed by atoms with Crippen molar-refractivity contribution in [1.29, 1.82) is 5.26 Å². The van der Waals surface area contributed by atoms with Crippen LogP contribution in [0.3, 0.4) is 0 Å². The number of nitrogens with one attached hydrogen (secondary N) is 3. The number of rotatable bonds is 9. The summed E-state index contributed by atoms with van der Waals surface area (Å²) >= 11 is 1.02. The van der Waals surface area contributed by atoms with Crippen molar-refractivity contribution in [3.63, 3.8) is 0 Å². The molecule has 0 radical (unpaired) electrons. The molecule has 33 heavy (non-hydrogen) atoms. The molecule has 11 heteroatoms. The average Bonchev–Trinajstić information content (AvgIpc) is 3.10. The molecule has 1 aromatic heterocycles. The molecule has 2 aromatic rings. The zero-order valence-electron chi connectivity index (χ0n) is 18.1. The number of carbonyl (C=O) groups excluding carboxylic acids is 3. The van der Waals surface area contributed by atoms with E-state index in [0.29, 0.717) is 15.9 Å². The lowest BCUT2D eigenvalue weighted by Gasteiger charge is -2.07. The van der Waals surface area contributed by atoms with Crippen molar-refractivity contribution in [2.75, 3.05) is 23.8 Å². The first-order valence-corrected chi connectivity index (χ1v) is 10.7. The van der Waals surface area contributed by atoms with E-state index < -0.39 is 24.4 Å². The van der Waals surface area contributed by atoms with Crippen LogP contribution < -0.4 is 30.7 Å². The van der Waals surface area contributed by atoms with E-state index >= 15 is 0 Å². The zero-order chi connectivity index (χ0) is 24.4. The molecule has 0 aliphatic carbocycles. The van der Waals surface area contributed by atoms with Crippen molar-refractivity contribution in [2.24, 2.45) is 0 Å². The van der Waals surface area contributed by atoms with Gasteiger partial charge >= 0.3 is 5.97 Å². The highest BCUT2D eigenvalue weighted by molar-refractivity contribution is 7.07. The third kappa shape index (κ3) is 6.91. The number of amides is 2. The summed E-state index contributed by atoms with van der Waals surface area (Å²) < 4.78 is 6.55. The number of nitrogens with zero attached hydrogens (tertiary/aromatic N) is 2. The van der Waals surface area contributed by atoms with Crippen molar-refractivity contribution in [3.05, 3.63) is 56.5 Å². The molecule has 0 bridgehead atoms. The van der Waals surface area contributed by atoms with Crippen molar-refractivity contribution >= 4 is 52.3 Å². The fourth-order valence-electron chi connectivity index (χ4n) is 2.64. The largest absolute Gasteiger partial charge is 0.456 e. The Labute approximate surface area is 193 Å². The molecular formula is C22H23N5O5S. The first kappa shape index (κ1) is 25.1. The number of ether oxygens (including phenoxy) is 1. The predicted octanol–water partition coefficient (Wildman–Crippen LogP) is 0.258. The maximum atomic E-state index is 12.8. The van der Waals surface area contributed by atoms with Crippen molar-refractivity contribution in [1.82, 2.24) is 9.88 Å². The molecule has 2 amide bonds. The highest BCUT2D eigenvalue weighted by Gasteiger charge is 2.14. The Morgan fingerprint density at radius 3 is 2.67 bits per heavy atom. The van der Waals surface area contributed by atoms with Gasteiger partial charge in [-0.1, -0.05) is 12.1 Å². The molecule has 1 aromatic carbocycles. The maximum absolute atomic E-state index is 12.8. The number of carbonyl (C=O) groups is 3. The van der Waals surface area contributed by atoms with E-state index in [1.165, 1.54) is 23.8 Å². The lowest BCUT2D eigenvalue weighted by Crippen LogP contribution is -2.34. The first-order valence-electron chi connectivity index (χ1n) is 9.83. The monoisotopic (exact) mass is 469 g/mol. The van der Waals surface area contributed by atoms with Crippen LogP contribution in [0.5, 0.6) is 0 Å². The van der Waals surface area contributed by atoms with E-state index in [-0.39, 0.29) is 28.9 Å². The number of benzene rings is 1. The van der Waals surface area contributed by atoms with Gasteiger partial charge in [-0.2, -0.15) is 5.26 Å². The number of nitriles is 1. The van der Waals surface area contributed by atoms with Crippen molar-refractivity contribution in [2.45, 2.75) is 20.4 Å². The summed E-state index contributed by atoms with van der Waals surface area (Å²) in [5, 5.41) is 17.6. The number of anilines is 2. The van der Waals surface area contributed by atoms with E-state index in [2.05, 4.69) is 27.3 Å². The zero-order valence-corrected chi connectivity index (χ0v) is 19.0. The standard InChI is InChI=1S/C22H23N5O5S/c1-4-9-24-20(30)17(11-23)22-27(5-2)21(31)18(33-22)12-25-15-7-6-8-16(10-15)26-19(29)13-32-14(3)28/h4,6-8,10,12,25H,1,5,9,13H2,2-3H3,(H,24,30)(H,26,29). The minimum absolute atomic E-state index is 0.155. The van der Waals surface area contributed by atoms with Gasteiger partial charge in [0.05, 0.1) is 0 Å². The van der Waals surface area contributed by atoms with E-state index in [0.717, 1.165) is 11.3 Å². The fraction of sp³-hybridized carbons (Fsp3) is 0.227. The van der Waals surface area contributed by atoms with Gasteiger partial charge in [-0.15, -0.1) is 17.9 Å². The smallest absolute Gasteiger partial charge is 0.303 e. The van der Waals surface area contributed by atoms with E-state index in [4.69, 9.17) is 0 Å². The van der Waals surface area contributed by atoms with Gasteiger partial charge in [0.1, 0.15) is 15.3 Å². The molecule has 2 rings (SSSR count). The third-order valence-electron chi connectivity index (χ3n) is 4.11. The lowest BCUT2D eigenvalue weighted by atomic mass is 10.2. The quantitative estimate of drug-likeness (QED) is 0.353. The van der Waals surface area contributed by atoms with Crippen molar-refractivity contribution in [3.8, 4) is 6.07 Å². The van der Waals surface area contributed by atoms with Gasteiger partial charge in [0.2, 0.25) is 0 Å². The minimum Gasteiger partial charge on any atom is -0.456 e. The Kier molecular flexibility index (Phi) is 9.14. The molecule has 0 aliphatic rings. The summed E-state index contributed by atoms with van der Waals surface area (Å²) in [5.74, 6) is -1.63. The number of esters is 1. The lowest BCUT2D eigenvalue weighted by molar-refractivity contribution is -0.144. The molecule has 0 spiro atoms. The van der Waals surface area contributed by atoms with Crippen LogP contribution in [0.15, 0.2) is 41.7 Å². The van der Waals surface area contributed by atoms with E-state index in [1.54, 1.807) is 31.2 Å². The highest BCUT2D eigenvalue weighted by atomic mass is 32.1. The van der Waals surface area contributed by atoms with Crippen LogP contribution in [0.25, 0.3) is 11.8 Å². The molecule has 0 atom stereocenters. The molecule has 0 saturated carbocycles. The summed E-state index contributed by atoms with van der Waals surface area (Å²) in [6.45, 7) is 6.55. The summed E-state index contributed by atoms with van der Waals surface area (Å²) in [5.41, 5.74) is 0.534. The topological polar surface area (TPSA) is 142 Å². The third-order valence-corrected chi connectivity index (χ3v) is 5.24. The molecule has 0 fully saturated rings. The molecule has 1 heterocycles. The van der Waals surface area contributed by atoms with Gasteiger partial charge in [-0.3, -0.25) is 23.7 Å². The molecular weight excluding hydrogens is 446 g/mol. The van der Waals surface area contributed by atoms with Crippen LogP contribution in [0.4, 0.5) is 11.4 Å². The normalized spacial score (nSPS) is 11.7. The summed E-state index contributed by atoms with van der Waals surface area (Å²) in [6, 6.07) is 8.57. The number of hydrogen-bond acceptors (Lipinski definition) is 8. The van der Waals surface area contributed by atoms with Crippen LogP contribution >= 0.6 is 11.3 Å². The Balaban J connectivity index is 2.33. The number of aromatic nitrogens is 1. The summed E-state index contributed by atoms with van der Waals surface area (Å²) in [4.78, 5) is 47.7. The Morgan fingerprint density at radius 2 is 2.03 bits per heavy atom. The molecule has 0 aliphatic heterocycles. The van der Waals surface area contributed by atoms with Crippen LogP contribution in [-0.4, -0.2) is 35.5 Å². The molecule has 3 N–H and O–H groups in total. The molecule has 0 saturated heterocycles. The van der Waals surface area contributed by atoms with Crippen LogP contribution in [0, 0.1) is 11.3 Å². The van der Waals surface area contributed by atoms with Gasteiger partial charge in [0.25, 0.3) is 17.4 Å². The average molecular weight is 470 g/mol. The van der Waals surface area contributed by atoms with Crippen LogP contribution in [0.1, 0.15) is 13.8 Å². The predicted molar refractivity (Wildman–Crippen MR) is 126 cm³/mol. The SMILES string of the molecule is C=CCNC(=O)C(C#N)=c1sc(=CNc2cccc(NC(=O)COC(C)=O)c2)c(=O)n1CC. The van der Waals surface area contributed by atoms with Gasteiger partial charge in [0, 0.05) is 37.6 Å². The second kappa shape index (κ2) is 12.0. The molecule has 10 nitrogen and oxygen atoms in total. The van der Waals surface area contributed by atoms with Gasteiger partial charge < -0.3 is 20.7 Å². The maximum Gasteiger partial charge on any atom is 0.303 e. The first-order chi connectivity index (χ1) is 15.8. The minimum atomic E-state index is -0.586. The Bertz CT molecular complexity index is 1290. The highest BCUT2D eigenvalue weighted by Crippen LogP contribution is 2.15. The van der Waals surface area contributed by atoms with Gasteiger partial charge in [-0.05, 0) is 25.1 Å². The number of thiazole rings is 1. The second-order valence-corrected chi connectivity index (χ2v) is 7.53. The molecule has 0 unspecified atom stereocenters. The summed E-state index contributed by atoms with van der Waals surface area (Å²) in [6.07, 6.45) is 2.96. The van der Waals surface area contributed by atoms with E-state index in [1.807, 2.05) is 6.07 Å². The molecule has 172 valence electrons. The fourth-order valence-corrected chi connectivity index (χ4v) is 3.73. The second-order valence-electron chi connectivity index (χ2n) is 6.50. The number of hydrogen-bond donors (Lipinski definition) is 3. The van der Waals surface area contributed by atoms with Crippen molar-refractivity contribution < 1.29 is 19.1 Å². The summed E-state index contributed by atoms with van der Waals surface area (Å²) in [7, 11) is 0. The van der Waals surface area contributed by atoms with E-state index in [9.17, 15) is 24.4 Å². The van der Waals surface area contributed by atoms with Crippen LogP contribution in [-0.2, 0) is 25.7 Å².